The van der Waals surface area contributed by atoms with E-state index in [0.717, 1.165) is 5.56 Å². The lowest BCUT2D eigenvalue weighted by Crippen LogP contribution is -1.98. The Bertz CT molecular complexity index is 616. The van der Waals surface area contributed by atoms with Crippen molar-refractivity contribution < 1.29 is 14.1 Å². The molecule has 0 aliphatic heterocycles. The van der Waals surface area contributed by atoms with E-state index < -0.39 is 4.92 Å². The van der Waals surface area contributed by atoms with Crippen LogP contribution in [0.15, 0.2) is 42.5 Å². The lowest BCUT2D eigenvalue weighted by molar-refractivity contribution is -0.384. The number of rotatable bonds is 5. The molecule has 20 heavy (non-hydrogen) atoms. The maximum absolute atomic E-state index is 13.1. The third-order valence-corrected chi connectivity index (χ3v) is 3.31. The van der Waals surface area contributed by atoms with Crippen LogP contribution in [0.3, 0.4) is 0 Å². The normalized spacial score (nSPS) is 10.3. The van der Waals surface area contributed by atoms with E-state index in [4.69, 9.17) is 4.74 Å². The lowest BCUT2D eigenvalue weighted by Gasteiger charge is -2.10. The molecule has 2 rings (SSSR count). The van der Waals surface area contributed by atoms with Crippen LogP contribution >= 0.6 is 15.9 Å². The molecule has 2 aromatic rings. The van der Waals surface area contributed by atoms with Gasteiger partial charge in [-0.25, -0.2) is 4.39 Å². The van der Waals surface area contributed by atoms with E-state index in [-0.39, 0.29) is 18.1 Å². The molecule has 0 fully saturated rings. The van der Waals surface area contributed by atoms with Crippen molar-refractivity contribution >= 4 is 21.6 Å². The van der Waals surface area contributed by atoms with Crippen molar-refractivity contribution in [2.45, 2.75) is 11.9 Å². The minimum atomic E-state index is -0.451. The van der Waals surface area contributed by atoms with Gasteiger partial charge in [-0.2, -0.15) is 0 Å². The predicted molar refractivity (Wildman–Crippen MR) is 76.5 cm³/mol. The van der Waals surface area contributed by atoms with Crippen LogP contribution in [0, 0.1) is 15.9 Å². The van der Waals surface area contributed by atoms with Gasteiger partial charge in [-0.15, -0.1) is 0 Å². The van der Waals surface area contributed by atoms with Gasteiger partial charge in [0.1, 0.15) is 18.2 Å². The monoisotopic (exact) mass is 339 g/mol. The SMILES string of the molecule is O=[N+]([O-])c1ccc(COc2ccc(F)cc2CBr)cc1. The molecule has 6 heteroatoms. The second-order valence-corrected chi connectivity index (χ2v) is 4.66. The van der Waals surface area contributed by atoms with Crippen molar-refractivity contribution in [1.29, 1.82) is 0 Å². The standard InChI is InChI=1S/C14H11BrFNO3/c15-8-11-7-12(16)3-6-14(11)20-9-10-1-4-13(5-2-10)17(18)19/h1-7H,8-9H2. The van der Waals surface area contributed by atoms with Gasteiger partial charge >= 0.3 is 0 Å². The van der Waals surface area contributed by atoms with Gasteiger partial charge in [-0.1, -0.05) is 15.9 Å². The molecule has 0 atom stereocenters. The average Bonchev–Trinajstić information content (AvgIpc) is 2.46. The number of non-ortho nitro benzene ring substituents is 1. The highest BCUT2D eigenvalue weighted by molar-refractivity contribution is 9.08. The zero-order valence-electron chi connectivity index (χ0n) is 10.4. The van der Waals surface area contributed by atoms with Crippen molar-refractivity contribution in [3.63, 3.8) is 0 Å². The molecule has 0 unspecified atom stereocenters. The van der Waals surface area contributed by atoms with Crippen LogP contribution in [0.4, 0.5) is 10.1 Å². The number of nitrogens with zero attached hydrogens (tertiary/aromatic N) is 1. The molecule has 0 N–H and O–H groups in total. The van der Waals surface area contributed by atoms with Gasteiger partial charge in [0, 0.05) is 23.0 Å². The number of benzene rings is 2. The summed E-state index contributed by atoms with van der Waals surface area (Å²) < 4.78 is 18.7. The summed E-state index contributed by atoms with van der Waals surface area (Å²) in [6.07, 6.45) is 0. The highest BCUT2D eigenvalue weighted by Crippen LogP contribution is 2.23. The predicted octanol–water partition coefficient (Wildman–Crippen LogP) is 4.21. The summed E-state index contributed by atoms with van der Waals surface area (Å²) in [6.45, 7) is 0.267. The first-order chi connectivity index (χ1) is 9.60. The highest BCUT2D eigenvalue weighted by atomic mass is 79.9. The van der Waals surface area contributed by atoms with Crippen LogP contribution < -0.4 is 4.74 Å². The van der Waals surface area contributed by atoms with Crippen LogP contribution in [-0.2, 0) is 11.9 Å². The van der Waals surface area contributed by atoms with Crippen molar-refractivity contribution in [3.05, 3.63) is 69.5 Å². The number of ether oxygens (including phenoxy) is 1. The number of alkyl halides is 1. The molecular weight excluding hydrogens is 329 g/mol. The van der Waals surface area contributed by atoms with Crippen LogP contribution in [0.2, 0.25) is 0 Å². The number of halogens is 2. The molecule has 0 radical (unpaired) electrons. The topological polar surface area (TPSA) is 52.4 Å². The maximum atomic E-state index is 13.1. The van der Waals surface area contributed by atoms with E-state index in [1.165, 1.54) is 24.3 Å². The summed E-state index contributed by atoms with van der Waals surface area (Å²) in [4.78, 5) is 10.1. The van der Waals surface area contributed by atoms with Crippen molar-refractivity contribution in [2.24, 2.45) is 0 Å². The number of nitro benzene ring substituents is 1. The zero-order chi connectivity index (χ0) is 14.5. The molecule has 0 amide bonds. The summed E-state index contributed by atoms with van der Waals surface area (Å²) in [5.74, 6) is 0.267. The van der Waals surface area contributed by atoms with Crippen molar-refractivity contribution in [1.82, 2.24) is 0 Å². The number of hydrogen-bond donors (Lipinski definition) is 0. The number of nitro groups is 1. The minimum Gasteiger partial charge on any atom is -0.489 e. The smallest absolute Gasteiger partial charge is 0.269 e. The Labute approximate surface area is 123 Å². The largest absolute Gasteiger partial charge is 0.489 e. The molecule has 104 valence electrons. The highest BCUT2D eigenvalue weighted by Gasteiger charge is 2.07. The van der Waals surface area contributed by atoms with Crippen molar-refractivity contribution in [3.8, 4) is 5.75 Å². The van der Waals surface area contributed by atoms with E-state index >= 15 is 0 Å². The zero-order valence-corrected chi connectivity index (χ0v) is 12.0. The van der Waals surface area contributed by atoms with Gasteiger partial charge in [0.15, 0.2) is 0 Å². The summed E-state index contributed by atoms with van der Waals surface area (Å²) >= 11 is 3.27. The molecular formula is C14H11BrFNO3. The van der Waals surface area contributed by atoms with Crippen LogP contribution in [-0.4, -0.2) is 4.92 Å². The molecule has 0 saturated carbocycles. The van der Waals surface area contributed by atoms with Gasteiger partial charge in [-0.05, 0) is 35.9 Å². The Morgan fingerprint density at radius 2 is 1.90 bits per heavy atom. The Morgan fingerprint density at radius 1 is 1.20 bits per heavy atom. The summed E-state index contributed by atoms with van der Waals surface area (Å²) in [5.41, 5.74) is 1.56. The minimum absolute atomic E-state index is 0.0386. The van der Waals surface area contributed by atoms with Crippen LogP contribution in [0.5, 0.6) is 5.75 Å². The molecule has 0 aliphatic carbocycles. The van der Waals surface area contributed by atoms with E-state index in [2.05, 4.69) is 15.9 Å². The molecule has 0 heterocycles. The quantitative estimate of drug-likeness (QED) is 0.465. The molecule has 0 spiro atoms. The Hall–Kier alpha value is -1.95. The van der Waals surface area contributed by atoms with Gasteiger partial charge in [-0.3, -0.25) is 10.1 Å². The fourth-order valence-corrected chi connectivity index (χ4v) is 2.11. The number of hydrogen-bond acceptors (Lipinski definition) is 3. The summed E-state index contributed by atoms with van der Waals surface area (Å²) in [5, 5.41) is 11.0. The lowest BCUT2D eigenvalue weighted by atomic mass is 10.2. The van der Waals surface area contributed by atoms with E-state index in [0.29, 0.717) is 16.6 Å². The second kappa shape index (κ2) is 6.47. The maximum Gasteiger partial charge on any atom is 0.269 e. The third-order valence-electron chi connectivity index (χ3n) is 2.71. The van der Waals surface area contributed by atoms with Crippen LogP contribution in [0.1, 0.15) is 11.1 Å². The Morgan fingerprint density at radius 3 is 2.50 bits per heavy atom. The Kier molecular flexibility index (Phi) is 4.68. The second-order valence-electron chi connectivity index (χ2n) is 4.10. The molecule has 0 bridgehead atoms. The van der Waals surface area contributed by atoms with Gasteiger partial charge in [0.25, 0.3) is 5.69 Å². The van der Waals surface area contributed by atoms with Crippen molar-refractivity contribution in [2.75, 3.05) is 0 Å². The fourth-order valence-electron chi connectivity index (χ4n) is 1.67. The van der Waals surface area contributed by atoms with Gasteiger partial charge in [0.05, 0.1) is 4.92 Å². The first kappa shape index (κ1) is 14.5. The fraction of sp³-hybridized carbons (Fsp3) is 0.143. The molecule has 0 aromatic heterocycles. The first-order valence-electron chi connectivity index (χ1n) is 5.80. The van der Waals surface area contributed by atoms with E-state index in [1.54, 1.807) is 18.2 Å². The molecule has 4 nitrogen and oxygen atoms in total. The van der Waals surface area contributed by atoms with Gasteiger partial charge < -0.3 is 4.74 Å². The summed E-state index contributed by atoms with van der Waals surface area (Å²) in [7, 11) is 0. The Balaban J connectivity index is 2.06. The first-order valence-corrected chi connectivity index (χ1v) is 6.93. The van der Waals surface area contributed by atoms with E-state index in [9.17, 15) is 14.5 Å². The molecule has 2 aromatic carbocycles. The third kappa shape index (κ3) is 3.54. The van der Waals surface area contributed by atoms with E-state index in [1.807, 2.05) is 0 Å². The molecule has 0 saturated heterocycles. The van der Waals surface area contributed by atoms with Crippen LogP contribution in [0.25, 0.3) is 0 Å². The summed E-state index contributed by atoms with van der Waals surface area (Å²) in [6, 6.07) is 10.4. The van der Waals surface area contributed by atoms with Gasteiger partial charge in [0.2, 0.25) is 0 Å². The average molecular weight is 340 g/mol. The molecule has 0 aliphatic rings.